The van der Waals surface area contributed by atoms with Crippen molar-refractivity contribution in [2.45, 2.75) is 57.8 Å². The van der Waals surface area contributed by atoms with Crippen LogP contribution >= 0.6 is 0 Å². The van der Waals surface area contributed by atoms with Gasteiger partial charge in [-0.25, -0.2) is 0 Å². The topological polar surface area (TPSA) is 41.6 Å². The number of hydrogen-bond acceptors (Lipinski definition) is 4. The molecular formula is C14H25F3N2O2. The molecule has 21 heavy (non-hydrogen) atoms. The summed E-state index contributed by atoms with van der Waals surface area (Å²) in [7, 11) is 0. The Kier molecular flexibility index (Phi) is 7.45. The van der Waals surface area contributed by atoms with Crippen molar-refractivity contribution in [1.82, 2.24) is 10.2 Å². The van der Waals surface area contributed by atoms with Crippen molar-refractivity contribution in [3.63, 3.8) is 0 Å². The van der Waals surface area contributed by atoms with Crippen molar-refractivity contribution < 1.29 is 22.7 Å². The van der Waals surface area contributed by atoms with Crippen LogP contribution in [-0.4, -0.2) is 55.4 Å². The van der Waals surface area contributed by atoms with Crippen LogP contribution in [0.3, 0.4) is 0 Å². The van der Waals surface area contributed by atoms with Gasteiger partial charge in [0.2, 0.25) is 0 Å². The van der Waals surface area contributed by atoms with Gasteiger partial charge in [-0.15, -0.1) is 0 Å². The van der Waals surface area contributed by atoms with Crippen LogP contribution in [0, 0.1) is 0 Å². The van der Waals surface area contributed by atoms with Crippen LogP contribution in [0.4, 0.5) is 13.2 Å². The standard InChI is InChI=1S/C14H25F3N2O2/c1-3-8-18-12(13(20)21-4-2)7-9-19(11-5-6-11)10-14(15,16)17/h11-12,18H,3-10H2,1-2H3. The van der Waals surface area contributed by atoms with E-state index in [0.717, 1.165) is 19.3 Å². The summed E-state index contributed by atoms with van der Waals surface area (Å²) in [5.74, 6) is -0.381. The lowest BCUT2D eigenvalue weighted by Gasteiger charge is -2.25. The van der Waals surface area contributed by atoms with Gasteiger partial charge < -0.3 is 10.1 Å². The molecule has 1 aliphatic carbocycles. The molecule has 1 rings (SSSR count). The first-order valence-corrected chi connectivity index (χ1v) is 7.58. The minimum Gasteiger partial charge on any atom is -0.465 e. The van der Waals surface area contributed by atoms with Gasteiger partial charge in [-0.2, -0.15) is 13.2 Å². The first kappa shape index (κ1) is 18.2. The molecule has 7 heteroatoms. The summed E-state index contributed by atoms with van der Waals surface area (Å²) < 4.78 is 42.6. The number of alkyl halides is 3. The fourth-order valence-corrected chi connectivity index (χ4v) is 2.22. The van der Waals surface area contributed by atoms with E-state index in [9.17, 15) is 18.0 Å². The number of nitrogens with one attached hydrogen (secondary N) is 1. The molecule has 0 heterocycles. The Morgan fingerprint density at radius 1 is 1.38 bits per heavy atom. The van der Waals surface area contributed by atoms with E-state index in [0.29, 0.717) is 13.0 Å². The smallest absolute Gasteiger partial charge is 0.401 e. The van der Waals surface area contributed by atoms with Crippen molar-refractivity contribution in [3.05, 3.63) is 0 Å². The van der Waals surface area contributed by atoms with E-state index in [1.54, 1.807) is 6.92 Å². The molecule has 1 fully saturated rings. The molecule has 0 aromatic heterocycles. The molecule has 0 saturated heterocycles. The van der Waals surface area contributed by atoms with Gasteiger partial charge in [0.25, 0.3) is 0 Å². The minimum atomic E-state index is -4.20. The van der Waals surface area contributed by atoms with E-state index >= 15 is 0 Å². The van der Waals surface area contributed by atoms with Crippen LogP contribution in [0.2, 0.25) is 0 Å². The highest BCUT2D eigenvalue weighted by Crippen LogP contribution is 2.30. The molecular weight excluding hydrogens is 285 g/mol. The van der Waals surface area contributed by atoms with E-state index < -0.39 is 18.8 Å². The third-order valence-electron chi connectivity index (χ3n) is 3.36. The summed E-state index contributed by atoms with van der Waals surface area (Å²) in [6, 6.07) is -0.514. The zero-order chi connectivity index (χ0) is 15.9. The number of hydrogen-bond donors (Lipinski definition) is 1. The van der Waals surface area contributed by atoms with Gasteiger partial charge in [-0.05, 0) is 39.2 Å². The van der Waals surface area contributed by atoms with Crippen LogP contribution in [0.1, 0.15) is 39.5 Å². The Morgan fingerprint density at radius 3 is 2.52 bits per heavy atom. The highest BCUT2D eigenvalue weighted by Gasteiger charge is 2.38. The molecule has 1 N–H and O–H groups in total. The van der Waals surface area contributed by atoms with Gasteiger partial charge in [0.15, 0.2) is 0 Å². The lowest BCUT2D eigenvalue weighted by Crippen LogP contribution is -2.43. The average Bonchev–Trinajstić information content (AvgIpc) is 3.20. The number of carbonyl (C=O) groups excluding carboxylic acids is 1. The normalized spacial score (nSPS) is 17.0. The summed E-state index contributed by atoms with van der Waals surface area (Å²) in [5, 5.41) is 3.05. The number of nitrogens with zero attached hydrogens (tertiary/aromatic N) is 1. The van der Waals surface area contributed by atoms with Gasteiger partial charge in [-0.3, -0.25) is 9.69 Å². The van der Waals surface area contributed by atoms with Gasteiger partial charge in [-0.1, -0.05) is 6.92 Å². The zero-order valence-electron chi connectivity index (χ0n) is 12.7. The Hall–Kier alpha value is -0.820. The lowest BCUT2D eigenvalue weighted by molar-refractivity contribution is -0.149. The highest BCUT2D eigenvalue weighted by molar-refractivity contribution is 5.75. The van der Waals surface area contributed by atoms with Gasteiger partial charge in [0, 0.05) is 12.6 Å². The molecule has 0 amide bonds. The fourth-order valence-electron chi connectivity index (χ4n) is 2.22. The van der Waals surface area contributed by atoms with Crippen molar-refractivity contribution >= 4 is 5.97 Å². The van der Waals surface area contributed by atoms with Crippen LogP contribution < -0.4 is 5.32 Å². The second kappa shape index (κ2) is 8.58. The monoisotopic (exact) mass is 310 g/mol. The molecule has 0 aromatic rings. The maximum Gasteiger partial charge on any atom is 0.401 e. The van der Waals surface area contributed by atoms with Crippen LogP contribution in [0.15, 0.2) is 0 Å². The van der Waals surface area contributed by atoms with Crippen molar-refractivity contribution in [2.75, 3.05) is 26.2 Å². The zero-order valence-corrected chi connectivity index (χ0v) is 12.7. The third kappa shape index (κ3) is 7.66. The molecule has 1 aliphatic rings. The Balaban J connectivity index is 2.49. The number of rotatable bonds is 10. The molecule has 0 aromatic carbocycles. The first-order chi connectivity index (χ1) is 9.87. The molecule has 0 radical (unpaired) electrons. The van der Waals surface area contributed by atoms with Gasteiger partial charge >= 0.3 is 12.1 Å². The maximum absolute atomic E-state index is 12.6. The quantitative estimate of drug-likeness (QED) is 0.629. The second-order valence-corrected chi connectivity index (χ2v) is 5.36. The summed E-state index contributed by atoms with van der Waals surface area (Å²) in [4.78, 5) is 13.2. The van der Waals surface area contributed by atoms with Crippen LogP contribution in [-0.2, 0) is 9.53 Å². The van der Waals surface area contributed by atoms with Gasteiger partial charge in [0.05, 0.1) is 13.2 Å². The molecule has 1 unspecified atom stereocenters. The van der Waals surface area contributed by atoms with E-state index in [2.05, 4.69) is 5.32 Å². The molecule has 1 saturated carbocycles. The van der Waals surface area contributed by atoms with Crippen molar-refractivity contribution in [3.8, 4) is 0 Å². The van der Waals surface area contributed by atoms with Crippen LogP contribution in [0.5, 0.6) is 0 Å². The number of halogens is 3. The average molecular weight is 310 g/mol. The molecule has 0 spiro atoms. The summed E-state index contributed by atoms with van der Waals surface area (Å²) >= 11 is 0. The summed E-state index contributed by atoms with van der Waals surface area (Å²) in [6.45, 7) is 3.96. The van der Waals surface area contributed by atoms with Crippen molar-refractivity contribution in [1.29, 1.82) is 0 Å². The summed E-state index contributed by atoms with van der Waals surface area (Å²) in [5.41, 5.74) is 0. The largest absolute Gasteiger partial charge is 0.465 e. The Bertz CT molecular complexity index is 320. The van der Waals surface area contributed by atoms with E-state index in [1.165, 1.54) is 4.90 Å². The number of ether oxygens (including phenoxy) is 1. The van der Waals surface area contributed by atoms with Crippen molar-refractivity contribution in [2.24, 2.45) is 0 Å². The molecule has 0 bridgehead atoms. The molecule has 4 nitrogen and oxygen atoms in total. The Morgan fingerprint density at radius 2 is 2.05 bits per heavy atom. The number of esters is 1. The van der Waals surface area contributed by atoms with Gasteiger partial charge in [0.1, 0.15) is 6.04 Å². The molecule has 124 valence electrons. The SMILES string of the molecule is CCCNC(CCN(CC(F)(F)F)C1CC1)C(=O)OCC. The van der Waals surface area contributed by atoms with E-state index in [4.69, 9.17) is 4.74 Å². The molecule has 0 aliphatic heterocycles. The van der Waals surface area contributed by atoms with Crippen LogP contribution in [0.25, 0.3) is 0 Å². The van der Waals surface area contributed by atoms with E-state index in [-0.39, 0.29) is 25.2 Å². The van der Waals surface area contributed by atoms with E-state index in [1.807, 2.05) is 6.92 Å². The second-order valence-electron chi connectivity index (χ2n) is 5.36. The predicted octanol–water partition coefficient (Wildman–Crippen LogP) is 2.33. The molecule has 1 atom stereocenters. The first-order valence-electron chi connectivity index (χ1n) is 7.58. The Labute approximate surface area is 124 Å². The maximum atomic E-state index is 12.6. The lowest BCUT2D eigenvalue weighted by atomic mass is 10.2. The fraction of sp³-hybridized carbons (Fsp3) is 0.929. The summed E-state index contributed by atoms with van der Waals surface area (Å²) in [6.07, 6.45) is -1.39. The predicted molar refractivity (Wildman–Crippen MR) is 74.0 cm³/mol. The third-order valence-corrected chi connectivity index (χ3v) is 3.36. The highest BCUT2D eigenvalue weighted by atomic mass is 19.4. The number of carbonyl (C=O) groups is 1. The minimum absolute atomic E-state index is 0.0145.